The SMILES string of the molecule is O=C1C[C@@]2(CCN(Cc3ccccn3)C2)CN1c1ccc(F)c(F)c1. The number of likely N-dealkylation sites (tertiary alicyclic amines) is 1. The predicted octanol–water partition coefficient (Wildman–Crippen LogP) is 2.99. The molecule has 2 aromatic rings. The van der Waals surface area contributed by atoms with E-state index in [9.17, 15) is 13.6 Å². The summed E-state index contributed by atoms with van der Waals surface area (Å²) in [7, 11) is 0. The van der Waals surface area contributed by atoms with E-state index in [0.717, 1.165) is 43.9 Å². The highest BCUT2D eigenvalue weighted by molar-refractivity contribution is 5.96. The van der Waals surface area contributed by atoms with Crippen LogP contribution in [0.15, 0.2) is 42.6 Å². The Hall–Kier alpha value is -2.34. The van der Waals surface area contributed by atoms with E-state index in [0.29, 0.717) is 18.7 Å². The molecular formula is C19H19F2N3O. The molecular weight excluding hydrogens is 324 g/mol. The number of carbonyl (C=O) groups excluding carboxylic acids is 1. The molecule has 1 amide bonds. The lowest BCUT2D eigenvalue weighted by molar-refractivity contribution is -0.117. The number of hydrogen-bond donors (Lipinski definition) is 0. The molecule has 1 aromatic heterocycles. The molecule has 0 aliphatic carbocycles. The van der Waals surface area contributed by atoms with Crippen LogP contribution < -0.4 is 4.90 Å². The Morgan fingerprint density at radius 1 is 1.12 bits per heavy atom. The van der Waals surface area contributed by atoms with Gasteiger partial charge in [-0.15, -0.1) is 0 Å². The molecule has 2 aliphatic heterocycles. The summed E-state index contributed by atoms with van der Waals surface area (Å²) >= 11 is 0. The van der Waals surface area contributed by atoms with Gasteiger partial charge < -0.3 is 4.90 Å². The van der Waals surface area contributed by atoms with Gasteiger partial charge in [-0.05, 0) is 37.2 Å². The quantitative estimate of drug-likeness (QED) is 0.860. The number of carbonyl (C=O) groups is 1. The number of anilines is 1. The van der Waals surface area contributed by atoms with Crippen LogP contribution in [0.4, 0.5) is 14.5 Å². The van der Waals surface area contributed by atoms with Crippen molar-refractivity contribution in [3.05, 3.63) is 59.9 Å². The first-order chi connectivity index (χ1) is 12.0. The van der Waals surface area contributed by atoms with Gasteiger partial charge in [-0.1, -0.05) is 6.07 Å². The van der Waals surface area contributed by atoms with Crippen molar-refractivity contribution in [2.24, 2.45) is 5.41 Å². The van der Waals surface area contributed by atoms with E-state index >= 15 is 0 Å². The molecule has 1 aromatic carbocycles. The lowest BCUT2D eigenvalue weighted by Gasteiger charge is -2.24. The van der Waals surface area contributed by atoms with Gasteiger partial charge in [0.1, 0.15) is 0 Å². The van der Waals surface area contributed by atoms with E-state index < -0.39 is 11.6 Å². The van der Waals surface area contributed by atoms with E-state index in [2.05, 4.69) is 9.88 Å². The molecule has 2 saturated heterocycles. The van der Waals surface area contributed by atoms with Crippen LogP contribution in [0.5, 0.6) is 0 Å². The molecule has 2 fully saturated rings. The zero-order valence-electron chi connectivity index (χ0n) is 13.8. The Kier molecular flexibility index (Phi) is 4.00. The summed E-state index contributed by atoms with van der Waals surface area (Å²) in [5.74, 6) is -1.84. The van der Waals surface area contributed by atoms with Gasteiger partial charge in [0.15, 0.2) is 11.6 Å². The molecule has 0 N–H and O–H groups in total. The molecule has 1 spiro atoms. The van der Waals surface area contributed by atoms with Gasteiger partial charge in [0.25, 0.3) is 0 Å². The molecule has 4 nitrogen and oxygen atoms in total. The van der Waals surface area contributed by atoms with Crippen LogP contribution in [0.2, 0.25) is 0 Å². The highest BCUT2D eigenvalue weighted by Gasteiger charge is 2.47. The summed E-state index contributed by atoms with van der Waals surface area (Å²) in [4.78, 5) is 20.7. The maximum atomic E-state index is 13.5. The van der Waals surface area contributed by atoms with E-state index in [-0.39, 0.29) is 11.3 Å². The fourth-order valence-electron chi connectivity index (χ4n) is 3.94. The zero-order chi connectivity index (χ0) is 17.4. The third-order valence-corrected chi connectivity index (χ3v) is 5.16. The highest BCUT2D eigenvalue weighted by Crippen LogP contribution is 2.42. The van der Waals surface area contributed by atoms with E-state index in [4.69, 9.17) is 0 Å². The number of pyridine rings is 1. The van der Waals surface area contributed by atoms with Crippen molar-refractivity contribution in [3.63, 3.8) is 0 Å². The molecule has 1 atom stereocenters. The van der Waals surface area contributed by atoms with Gasteiger partial charge in [0, 0.05) is 49.4 Å². The molecule has 0 unspecified atom stereocenters. The van der Waals surface area contributed by atoms with Crippen LogP contribution >= 0.6 is 0 Å². The van der Waals surface area contributed by atoms with Crippen molar-refractivity contribution in [1.82, 2.24) is 9.88 Å². The maximum absolute atomic E-state index is 13.5. The minimum absolute atomic E-state index is 0.0225. The van der Waals surface area contributed by atoms with E-state index in [1.165, 1.54) is 6.07 Å². The average molecular weight is 343 g/mol. The minimum Gasteiger partial charge on any atom is -0.312 e. The number of hydrogen-bond acceptors (Lipinski definition) is 3. The highest BCUT2D eigenvalue weighted by atomic mass is 19.2. The van der Waals surface area contributed by atoms with Crippen molar-refractivity contribution in [3.8, 4) is 0 Å². The Morgan fingerprint density at radius 2 is 2.00 bits per heavy atom. The molecule has 0 bridgehead atoms. The van der Waals surface area contributed by atoms with Gasteiger partial charge in [-0.3, -0.25) is 14.7 Å². The zero-order valence-corrected chi connectivity index (χ0v) is 13.8. The van der Waals surface area contributed by atoms with E-state index in [1.807, 2.05) is 18.2 Å². The van der Waals surface area contributed by atoms with Crippen molar-refractivity contribution in [2.75, 3.05) is 24.5 Å². The van der Waals surface area contributed by atoms with Crippen molar-refractivity contribution >= 4 is 11.6 Å². The second kappa shape index (κ2) is 6.19. The molecule has 25 heavy (non-hydrogen) atoms. The normalized spacial score (nSPS) is 23.8. The molecule has 0 saturated carbocycles. The van der Waals surface area contributed by atoms with Crippen LogP contribution in [0.1, 0.15) is 18.5 Å². The second-order valence-corrected chi connectivity index (χ2v) is 7.04. The van der Waals surface area contributed by atoms with Gasteiger partial charge in [-0.2, -0.15) is 0 Å². The number of aromatic nitrogens is 1. The van der Waals surface area contributed by atoms with Crippen molar-refractivity contribution < 1.29 is 13.6 Å². The second-order valence-electron chi connectivity index (χ2n) is 7.04. The first-order valence-electron chi connectivity index (χ1n) is 8.42. The lowest BCUT2D eigenvalue weighted by Crippen LogP contribution is -2.31. The Balaban J connectivity index is 1.47. The number of halogens is 2. The number of benzene rings is 1. The summed E-state index contributed by atoms with van der Waals surface area (Å²) < 4.78 is 26.6. The summed E-state index contributed by atoms with van der Waals surface area (Å²) in [5.41, 5.74) is 1.33. The van der Waals surface area contributed by atoms with E-state index in [1.54, 1.807) is 11.1 Å². The summed E-state index contributed by atoms with van der Waals surface area (Å²) in [6, 6.07) is 9.51. The molecule has 6 heteroatoms. The van der Waals surface area contributed by atoms with Gasteiger partial charge in [0.05, 0.1) is 5.69 Å². The Labute approximate surface area is 145 Å². The number of nitrogens with zero attached hydrogens (tertiary/aromatic N) is 3. The number of rotatable bonds is 3. The summed E-state index contributed by atoms with van der Waals surface area (Å²) in [6.07, 6.45) is 3.15. The predicted molar refractivity (Wildman–Crippen MR) is 89.9 cm³/mol. The minimum atomic E-state index is -0.922. The molecule has 2 aliphatic rings. The van der Waals surface area contributed by atoms with Crippen molar-refractivity contribution in [1.29, 1.82) is 0 Å². The molecule has 130 valence electrons. The third-order valence-electron chi connectivity index (χ3n) is 5.16. The first kappa shape index (κ1) is 16.1. The third kappa shape index (κ3) is 3.14. The standard InChI is InChI=1S/C19H19F2N3O/c20-16-5-4-15(9-17(16)21)24-13-19(10-18(24)25)6-8-23(12-19)11-14-3-1-2-7-22-14/h1-5,7,9H,6,8,10-13H2/t19-/m1/s1. The topological polar surface area (TPSA) is 36.4 Å². The van der Waals surface area contributed by atoms with Crippen LogP contribution in [-0.4, -0.2) is 35.4 Å². The lowest BCUT2D eigenvalue weighted by atomic mass is 9.86. The van der Waals surface area contributed by atoms with Crippen LogP contribution in [0, 0.1) is 17.0 Å². The largest absolute Gasteiger partial charge is 0.312 e. The monoisotopic (exact) mass is 343 g/mol. The fourth-order valence-corrected chi connectivity index (χ4v) is 3.94. The van der Waals surface area contributed by atoms with Gasteiger partial charge in [-0.25, -0.2) is 8.78 Å². The Bertz CT molecular complexity index is 799. The first-order valence-corrected chi connectivity index (χ1v) is 8.42. The fraction of sp³-hybridized carbons (Fsp3) is 0.368. The Morgan fingerprint density at radius 3 is 2.76 bits per heavy atom. The summed E-state index contributed by atoms with van der Waals surface area (Å²) in [6.45, 7) is 3.04. The number of amides is 1. The van der Waals surface area contributed by atoms with Crippen molar-refractivity contribution in [2.45, 2.75) is 19.4 Å². The van der Waals surface area contributed by atoms with Crippen LogP contribution in [-0.2, 0) is 11.3 Å². The average Bonchev–Trinajstić information content (AvgIpc) is 3.14. The maximum Gasteiger partial charge on any atom is 0.227 e. The van der Waals surface area contributed by atoms with Crippen LogP contribution in [0.3, 0.4) is 0 Å². The van der Waals surface area contributed by atoms with Gasteiger partial charge >= 0.3 is 0 Å². The van der Waals surface area contributed by atoms with Gasteiger partial charge in [0.2, 0.25) is 5.91 Å². The smallest absolute Gasteiger partial charge is 0.227 e. The van der Waals surface area contributed by atoms with Crippen LogP contribution in [0.25, 0.3) is 0 Å². The summed E-state index contributed by atoms with van der Waals surface area (Å²) in [5, 5.41) is 0. The molecule has 0 radical (unpaired) electrons. The molecule has 4 rings (SSSR count). The molecule has 3 heterocycles.